The Labute approximate surface area is 74.7 Å². The number of para-hydroxylation sites is 1. The Morgan fingerprint density at radius 2 is 2.08 bits per heavy atom. The molecule has 0 unspecified atom stereocenters. The topological polar surface area (TPSA) is 60.2 Å². The van der Waals surface area contributed by atoms with Gasteiger partial charge in [0.1, 0.15) is 6.29 Å². The van der Waals surface area contributed by atoms with Gasteiger partial charge in [0, 0.05) is 11.6 Å². The highest BCUT2D eigenvalue weighted by Crippen LogP contribution is 2.22. The quantitative estimate of drug-likeness (QED) is 0.306. The smallest absolute Gasteiger partial charge is 0.277 e. The molecule has 0 atom stereocenters. The van der Waals surface area contributed by atoms with Crippen LogP contribution in [0, 0.1) is 10.1 Å². The largest absolute Gasteiger partial charge is 0.298 e. The number of benzene rings is 1. The number of nitro benzene ring substituents is 1. The summed E-state index contributed by atoms with van der Waals surface area (Å²) in [5.41, 5.74) is 0.286. The summed E-state index contributed by atoms with van der Waals surface area (Å²) in [4.78, 5) is 20.3. The summed E-state index contributed by atoms with van der Waals surface area (Å²) in [6.45, 7) is 3.41. The molecule has 0 heterocycles. The monoisotopic (exact) mass is 177 g/mol. The van der Waals surface area contributed by atoms with Gasteiger partial charge in [0.15, 0.2) is 0 Å². The van der Waals surface area contributed by atoms with Crippen LogP contribution in [0.5, 0.6) is 0 Å². The number of aldehydes is 1. The highest BCUT2D eigenvalue weighted by Gasteiger charge is 2.13. The molecule has 0 aromatic heterocycles. The molecule has 0 fully saturated rings. The highest BCUT2D eigenvalue weighted by molar-refractivity contribution is 6.07. The lowest BCUT2D eigenvalue weighted by atomic mass is 10.1. The minimum Gasteiger partial charge on any atom is -0.298 e. The van der Waals surface area contributed by atoms with Gasteiger partial charge in [-0.15, -0.1) is 0 Å². The predicted octanol–water partition coefficient (Wildman–Crippen LogP) is 1.81. The molecule has 0 aliphatic heterocycles. The lowest BCUT2D eigenvalue weighted by Gasteiger charge is -1.98. The van der Waals surface area contributed by atoms with Crippen LogP contribution < -0.4 is 0 Å². The van der Waals surface area contributed by atoms with Gasteiger partial charge in [0.25, 0.3) is 5.69 Å². The summed E-state index contributed by atoms with van der Waals surface area (Å²) >= 11 is 0. The van der Waals surface area contributed by atoms with E-state index >= 15 is 0 Å². The van der Waals surface area contributed by atoms with Crippen LogP contribution in [0.25, 0.3) is 5.57 Å². The van der Waals surface area contributed by atoms with Crippen molar-refractivity contribution in [1.82, 2.24) is 0 Å². The first-order valence-corrected chi connectivity index (χ1v) is 3.54. The van der Waals surface area contributed by atoms with Gasteiger partial charge in [-0.2, -0.15) is 0 Å². The number of hydrogen-bond donors (Lipinski definition) is 0. The molecule has 0 radical (unpaired) electrons. The molecule has 4 nitrogen and oxygen atoms in total. The number of nitro groups is 1. The van der Waals surface area contributed by atoms with E-state index in [4.69, 9.17) is 0 Å². The molecule has 13 heavy (non-hydrogen) atoms. The van der Waals surface area contributed by atoms with Crippen LogP contribution in [-0.4, -0.2) is 11.2 Å². The highest BCUT2D eigenvalue weighted by atomic mass is 16.6. The standard InChI is InChI=1S/C9H7NO3/c1-7(6-11)8-4-2-3-5-9(8)10(12)13/h2-6H,1H2. The van der Waals surface area contributed by atoms with Gasteiger partial charge in [-0.25, -0.2) is 0 Å². The second kappa shape index (κ2) is 3.62. The number of rotatable bonds is 3. The van der Waals surface area contributed by atoms with E-state index in [0.29, 0.717) is 6.29 Å². The average Bonchev–Trinajstić information content (AvgIpc) is 2.16. The second-order valence-electron chi connectivity index (χ2n) is 2.42. The van der Waals surface area contributed by atoms with Gasteiger partial charge < -0.3 is 0 Å². The third kappa shape index (κ3) is 1.79. The van der Waals surface area contributed by atoms with E-state index in [1.807, 2.05) is 0 Å². The molecule has 0 spiro atoms. The Bertz CT molecular complexity index is 371. The van der Waals surface area contributed by atoms with Crippen molar-refractivity contribution in [3.63, 3.8) is 0 Å². The Morgan fingerprint density at radius 3 is 2.62 bits per heavy atom. The Hall–Kier alpha value is -1.97. The van der Waals surface area contributed by atoms with E-state index in [0.717, 1.165) is 0 Å². The SMILES string of the molecule is C=C(C=O)c1ccccc1[N+](=O)[O-]. The van der Waals surface area contributed by atoms with Crippen molar-refractivity contribution in [3.05, 3.63) is 46.5 Å². The van der Waals surface area contributed by atoms with Crippen molar-refractivity contribution >= 4 is 17.5 Å². The Balaban J connectivity index is 3.27. The second-order valence-corrected chi connectivity index (χ2v) is 2.42. The normalized spacial score (nSPS) is 9.23. The van der Waals surface area contributed by atoms with Gasteiger partial charge >= 0.3 is 0 Å². The molecule has 0 aliphatic rings. The maximum Gasteiger partial charge on any atom is 0.277 e. The first-order chi connectivity index (χ1) is 6.16. The molecule has 66 valence electrons. The third-order valence-electron chi connectivity index (χ3n) is 1.59. The van der Waals surface area contributed by atoms with E-state index in [9.17, 15) is 14.9 Å². The Kier molecular flexibility index (Phi) is 2.54. The van der Waals surface area contributed by atoms with Crippen molar-refractivity contribution in [2.45, 2.75) is 0 Å². The fourth-order valence-electron chi connectivity index (χ4n) is 0.968. The lowest BCUT2D eigenvalue weighted by molar-refractivity contribution is -0.385. The zero-order valence-corrected chi connectivity index (χ0v) is 6.77. The third-order valence-corrected chi connectivity index (χ3v) is 1.59. The maximum atomic E-state index is 10.5. The summed E-state index contributed by atoms with van der Waals surface area (Å²) in [6.07, 6.45) is 0.502. The zero-order chi connectivity index (χ0) is 9.84. The molecular formula is C9H7NO3. The maximum absolute atomic E-state index is 10.5. The molecular weight excluding hydrogens is 170 g/mol. The van der Waals surface area contributed by atoms with Crippen LogP contribution in [0.4, 0.5) is 5.69 Å². The molecule has 0 bridgehead atoms. The van der Waals surface area contributed by atoms with Crippen LogP contribution in [0.15, 0.2) is 30.8 Å². The summed E-state index contributed by atoms with van der Waals surface area (Å²) in [7, 11) is 0. The van der Waals surface area contributed by atoms with E-state index in [-0.39, 0.29) is 16.8 Å². The first kappa shape index (κ1) is 9.12. The summed E-state index contributed by atoms with van der Waals surface area (Å²) in [6, 6.07) is 6.00. The van der Waals surface area contributed by atoms with E-state index < -0.39 is 4.92 Å². The Morgan fingerprint density at radius 1 is 1.46 bits per heavy atom. The zero-order valence-electron chi connectivity index (χ0n) is 6.77. The van der Waals surface area contributed by atoms with Crippen molar-refractivity contribution in [2.75, 3.05) is 0 Å². The molecule has 1 aromatic carbocycles. The minimum absolute atomic E-state index is 0.0976. The predicted molar refractivity (Wildman–Crippen MR) is 48.2 cm³/mol. The van der Waals surface area contributed by atoms with Crippen LogP contribution in [0.2, 0.25) is 0 Å². The lowest BCUT2D eigenvalue weighted by Crippen LogP contribution is -1.94. The van der Waals surface area contributed by atoms with Gasteiger partial charge in [0.2, 0.25) is 0 Å². The molecule has 1 aromatic rings. The van der Waals surface area contributed by atoms with Crippen LogP contribution in [-0.2, 0) is 4.79 Å². The van der Waals surface area contributed by atoms with Gasteiger partial charge in [-0.3, -0.25) is 14.9 Å². The minimum atomic E-state index is -0.538. The van der Waals surface area contributed by atoms with Crippen molar-refractivity contribution < 1.29 is 9.72 Å². The molecule has 1 rings (SSSR count). The number of allylic oxidation sites excluding steroid dienone is 1. The molecule has 4 heteroatoms. The van der Waals surface area contributed by atoms with Crippen molar-refractivity contribution in [3.8, 4) is 0 Å². The van der Waals surface area contributed by atoms with E-state index in [1.165, 1.54) is 12.1 Å². The molecule has 0 saturated carbocycles. The van der Waals surface area contributed by atoms with E-state index in [2.05, 4.69) is 6.58 Å². The van der Waals surface area contributed by atoms with Gasteiger partial charge in [0.05, 0.1) is 10.5 Å². The fourth-order valence-corrected chi connectivity index (χ4v) is 0.968. The molecule has 0 N–H and O–H groups in total. The summed E-state index contributed by atoms with van der Waals surface area (Å²) in [5.74, 6) is 0. The first-order valence-electron chi connectivity index (χ1n) is 3.54. The van der Waals surface area contributed by atoms with Crippen LogP contribution >= 0.6 is 0 Å². The number of carbonyl (C=O) groups is 1. The molecule has 0 amide bonds. The van der Waals surface area contributed by atoms with Crippen LogP contribution in [0.3, 0.4) is 0 Å². The fraction of sp³-hybridized carbons (Fsp3) is 0. The number of carbonyl (C=O) groups excluding carboxylic acids is 1. The van der Waals surface area contributed by atoms with Gasteiger partial charge in [-0.05, 0) is 6.07 Å². The van der Waals surface area contributed by atoms with Gasteiger partial charge in [-0.1, -0.05) is 18.7 Å². The van der Waals surface area contributed by atoms with E-state index in [1.54, 1.807) is 12.1 Å². The molecule has 0 aliphatic carbocycles. The summed E-state index contributed by atoms with van der Waals surface area (Å²) < 4.78 is 0. The number of hydrogen-bond acceptors (Lipinski definition) is 3. The van der Waals surface area contributed by atoms with Crippen LogP contribution in [0.1, 0.15) is 5.56 Å². The average molecular weight is 177 g/mol. The van der Waals surface area contributed by atoms with Crippen molar-refractivity contribution in [1.29, 1.82) is 0 Å². The molecule has 0 saturated heterocycles. The summed E-state index contributed by atoms with van der Waals surface area (Å²) in [5, 5.41) is 10.5. The van der Waals surface area contributed by atoms with Crippen molar-refractivity contribution in [2.24, 2.45) is 0 Å². The number of nitrogens with zero attached hydrogens (tertiary/aromatic N) is 1.